The Kier molecular flexibility index (Phi) is 9.12. The number of hydrogen-bond donors (Lipinski definition) is 0. The molecule has 1 aliphatic rings. The van der Waals surface area contributed by atoms with E-state index in [4.69, 9.17) is 4.74 Å². The SMILES string of the molecule is [Ir].[Y].[c-]1ccccc1-c1[c-]cc2c(n1)-c1[c-]cccc1CO2.c1ccc(-c2nc3ccccc3[n-]2)nc1. The number of nitrogens with zero attached hydrogens (tertiary/aromatic N) is 4. The second-order valence-electron chi connectivity index (χ2n) is 7.85. The summed E-state index contributed by atoms with van der Waals surface area (Å²) in [6.45, 7) is 0.562. The first-order chi connectivity index (χ1) is 17.3. The van der Waals surface area contributed by atoms with Gasteiger partial charge in [0, 0.05) is 64.8 Å². The van der Waals surface area contributed by atoms with Crippen molar-refractivity contribution in [3.8, 4) is 39.8 Å². The number of benzene rings is 3. The van der Waals surface area contributed by atoms with E-state index >= 15 is 0 Å². The Balaban J connectivity index is 0.000000170. The average molecular weight is 732 g/mol. The Bertz CT molecular complexity index is 1570. The molecule has 37 heavy (non-hydrogen) atoms. The van der Waals surface area contributed by atoms with Crippen LogP contribution in [0.5, 0.6) is 5.75 Å². The summed E-state index contributed by atoms with van der Waals surface area (Å²) >= 11 is 0. The van der Waals surface area contributed by atoms with Crippen molar-refractivity contribution in [2.45, 2.75) is 6.61 Å². The molecule has 3 aromatic carbocycles. The zero-order chi connectivity index (χ0) is 23.5. The monoisotopic (exact) mass is 732 g/mol. The number of fused-ring (bicyclic) bond motifs is 4. The zero-order valence-corrected chi connectivity index (χ0v) is 24.8. The quantitative estimate of drug-likeness (QED) is 0.206. The summed E-state index contributed by atoms with van der Waals surface area (Å²) in [4.78, 5) is 17.7. The van der Waals surface area contributed by atoms with Crippen molar-refractivity contribution < 1.29 is 57.6 Å². The van der Waals surface area contributed by atoms with Crippen molar-refractivity contribution in [2.75, 3.05) is 0 Å². The molecule has 2 radical (unpaired) electrons. The number of ether oxygens (including phenoxy) is 1. The van der Waals surface area contributed by atoms with Gasteiger partial charge >= 0.3 is 0 Å². The van der Waals surface area contributed by atoms with Crippen LogP contribution in [0, 0.1) is 18.2 Å². The molecule has 7 heteroatoms. The van der Waals surface area contributed by atoms with Crippen LogP contribution in [0.25, 0.3) is 45.1 Å². The van der Waals surface area contributed by atoms with Gasteiger partial charge in [-0.15, -0.1) is 41.6 Å². The Morgan fingerprint density at radius 1 is 0.811 bits per heavy atom. The number of para-hydroxylation sites is 2. The normalized spacial score (nSPS) is 10.9. The van der Waals surface area contributed by atoms with Gasteiger partial charge in [0.1, 0.15) is 0 Å². The molecule has 180 valence electrons. The molecule has 0 N–H and O–H groups in total. The third-order valence-electron chi connectivity index (χ3n) is 5.55. The minimum Gasteiger partial charge on any atom is -0.562 e. The topological polar surface area (TPSA) is 62.0 Å². The number of rotatable bonds is 2. The maximum absolute atomic E-state index is 5.72. The van der Waals surface area contributed by atoms with E-state index in [0.29, 0.717) is 12.4 Å². The van der Waals surface area contributed by atoms with Crippen LogP contribution in [0.2, 0.25) is 0 Å². The summed E-state index contributed by atoms with van der Waals surface area (Å²) in [7, 11) is 0. The molecule has 7 rings (SSSR count). The van der Waals surface area contributed by atoms with Crippen molar-refractivity contribution in [3.63, 3.8) is 0 Å². The van der Waals surface area contributed by atoms with Crippen LogP contribution in [0.3, 0.4) is 0 Å². The number of imidazole rings is 1. The molecule has 0 bridgehead atoms. The number of aromatic nitrogens is 4. The van der Waals surface area contributed by atoms with Crippen LogP contribution < -0.4 is 9.72 Å². The van der Waals surface area contributed by atoms with Crippen molar-refractivity contribution in [1.29, 1.82) is 0 Å². The van der Waals surface area contributed by atoms with E-state index in [1.807, 2.05) is 91.0 Å². The fourth-order valence-electron chi connectivity index (χ4n) is 3.85. The Hall–Kier alpha value is -3.02. The Morgan fingerprint density at radius 2 is 1.65 bits per heavy atom. The van der Waals surface area contributed by atoms with Gasteiger partial charge in [-0.1, -0.05) is 35.9 Å². The molecule has 0 unspecified atom stereocenters. The minimum atomic E-state index is 0. The fraction of sp³-hybridized carbons (Fsp3) is 0.0333. The first-order valence-corrected chi connectivity index (χ1v) is 11.2. The molecule has 3 aromatic heterocycles. The van der Waals surface area contributed by atoms with E-state index in [1.165, 1.54) is 0 Å². The van der Waals surface area contributed by atoms with E-state index in [0.717, 1.165) is 50.6 Å². The van der Waals surface area contributed by atoms with Crippen LogP contribution in [0.15, 0.2) is 97.2 Å². The van der Waals surface area contributed by atoms with Crippen LogP contribution >= 0.6 is 0 Å². The Morgan fingerprint density at radius 3 is 2.46 bits per heavy atom. The van der Waals surface area contributed by atoms with Crippen LogP contribution in [0.1, 0.15) is 5.56 Å². The molecule has 0 amide bonds. The standard InChI is InChI=1S/C18H10NO.C12H8N3.Ir.Y/c1-2-6-13(7-3-1)16-10-11-17-18(19-16)15-9-5-4-8-14(15)12-20-17;1-2-6-10-9(5-1)14-12(15-10)11-7-3-4-8-13-11;;/h1-6,8,11H,12H2;1-8H;;/q-3;-1;;. The van der Waals surface area contributed by atoms with Crippen molar-refractivity contribution >= 4 is 11.0 Å². The summed E-state index contributed by atoms with van der Waals surface area (Å²) < 4.78 is 5.72. The number of hydrogen-bond acceptors (Lipinski definition) is 4. The third-order valence-corrected chi connectivity index (χ3v) is 5.55. The first kappa shape index (κ1) is 27.0. The van der Waals surface area contributed by atoms with Crippen LogP contribution in [-0.2, 0) is 59.4 Å². The molecule has 0 aliphatic carbocycles. The van der Waals surface area contributed by atoms with E-state index in [-0.39, 0.29) is 52.8 Å². The summed E-state index contributed by atoms with van der Waals surface area (Å²) in [6, 6.07) is 38.7. The largest absolute Gasteiger partial charge is 0.562 e. The van der Waals surface area contributed by atoms with Gasteiger partial charge in [0.25, 0.3) is 0 Å². The van der Waals surface area contributed by atoms with E-state index in [1.54, 1.807) is 6.20 Å². The molecular weight excluding hydrogens is 713 g/mol. The fourth-order valence-corrected chi connectivity index (χ4v) is 3.85. The predicted molar refractivity (Wildman–Crippen MR) is 134 cm³/mol. The van der Waals surface area contributed by atoms with E-state index < -0.39 is 0 Å². The van der Waals surface area contributed by atoms with Crippen molar-refractivity contribution in [3.05, 3.63) is 121 Å². The smallest absolute Gasteiger partial charge is 0.0626 e. The van der Waals surface area contributed by atoms with Crippen molar-refractivity contribution in [1.82, 2.24) is 19.9 Å². The second kappa shape index (κ2) is 12.5. The molecular formula is C30H18IrN4OY-4. The maximum atomic E-state index is 5.72. The van der Waals surface area contributed by atoms with Crippen molar-refractivity contribution in [2.24, 2.45) is 0 Å². The Labute approximate surface area is 254 Å². The van der Waals surface area contributed by atoms with Gasteiger partial charge in [-0.3, -0.25) is 4.98 Å². The second-order valence-corrected chi connectivity index (χ2v) is 7.85. The molecule has 0 saturated carbocycles. The molecule has 0 atom stereocenters. The molecule has 0 fully saturated rings. The molecule has 6 aromatic rings. The van der Waals surface area contributed by atoms with Gasteiger partial charge in [0.05, 0.1) is 12.3 Å². The van der Waals surface area contributed by atoms with E-state index in [2.05, 4.69) is 38.1 Å². The van der Waals surface area contributed by atoms with Crippen LogP contribution in [0.4, 0.5) is 0 Å². The summed E-state index contributed by atoms with van der Waals surface area (Å²) in [5, 5.41) is 0. The van der Waals surface area contributed by atoms with Gasteiger partial charge in [-0.25, -0.2) is 17.7 Å². The maximum Gasteiger partial charge on any atom is 0.0626 e. The van der Waals surface area contributed by atoms with Gasteiger partial charge < -0.3 is 19.7 Å². The van der Waals surface area contributed by atoms with Gasteiger partial charge in [0.2, 0.25) is 0 Å². The average Bonchev–Trinajstić information content (AvgIpc) is 3.39. The molecule has 5 nitrogen and oxygen atoms in total. The first-order valence-electron chi connectivity index (χ1n) is 11.2. The summed E-state index contributed by atoms with van der Waals surface area (Å²) in [5.74, 6) is 1.46. The molecule has 4 heterocycles. The van der Waals surface area contributed by atoms with Gasteiger partial charge in [-0.2, -0.15) is 24.3 Å². The number of pyridine rings is 2. The van der Waals surface area contributed by atoms with Gasteiger partial charge in [-0.05, 0) is 34.7 Å². The van der Waals surface area contributed by atoms with Gasteiger partial charge in [0.15, 0.2) is 0 Å². The third kappa shape index (κ3) is 5.94. The summed E-state index contributed by atoms with van der Waals surface area (Å²) in [6.07, 6.45) is 1.75. The minimum absolute atomic E-state index is 0. The van der Waals surface area contributed by atoms with Crippen LogP contribution in [-0.4, -0.2) is 15.0 Å². The predicted octanol–water partition coefficient (Wildman–Crippen LogP) is 5.96. The molecule has 1 aliphatic heterocycles. The summed E-state index contributed by atoms with van der Waals surface area (Å²) in [5.41, 5.74) is 7.31. The van der Waals surface area contributed by atoms with E-state index in [9.17, 15) is 0 Å². The molecule has 0 spiro atoms. The molecule has 0 saturated heterocycles. The zero-order valence-electron chi connectivity index (χ0n) is 19.6.